The predicted octanol–water partition coefficient (Wildman–Crippen LogP) is 4.95. The van der Waals surface area contributed by atoms with Crippen LogP contribution in [0.5, 0.6) is 5.75 Å². The molecule has 2 aromatic carbocycles. The van der Waals surface area contributed by atoms with Crippen molar-refractivity contribution < 1.29 is 26.7 Å². The fraction of sp³-hybridized carbons (Fsp3) is 0.0588. The number of aromatic nitrogens is 3. The standard InChI is InChI=1S/C17H8F5N3O/c18-9-4-10-11(7-23-15(10)12(19)5-9)16-24-6-8-2-1-3-13(14(8)25-16)26-17(20,21)22/h1-7,23H. The minimum absolute atomic E-state index is 0.00646. The second-order valence-electron chi connectivity index (χ2n) is 5.45. The minimum atomic E-state index is -4.88. The average molecular weight is 365 g/mol. The van der Waals surface area contributed by atoms with Crippen LogP contribution in [0.15, 0.2) is 42.7 Å². The summed E-state index contributed by atoms with van der Waals surface area (Å²) in [4.78, 5) is 10.8. The molecule has 0 aliphatic carbocycles. The summed E-state index contributed by atoms with van der Waals surface area (Å²) < 4.78 is 69.1. The van der Waals surface area contributed by atoms with Crippen LogP contribution >= 0.6 is 0 Å². The van der Waals surface area contributed by atoms with Crippen molar-refractivity contribution in [1.82, 2.24) is 15.0 Å². The summed E-state index contributed by atoms with van der Waals surface area (Å²) >= 11 is 0. The first-order valence-electron chi connectivity index (χ1n) is 7.30. The molecule has 1 N–H and O–H groups in total. The highest BCUT2D eigenvalue weighted by Gasteiger charge is 2.32. The third-order valence-corrected chi connectivity index (χ3v) is 3.75. The second kappa shape index (κ2) is 5.65. The van der Waals surface area contributed by atoms with E-state index in [-0.39, 0.29) is 27.8 Å². The van der Waals surface area contributed by atoms with Crippen LogP contribution in [0.2, 0.25) is 0 Å². The highest BCUT2D eigenvalue weighted by atomic mass is 19.4. The molecule has 4 rings (SSSR count). The number of alkyl halides is 3. The van der Waals surface area contributed by atoms with Gasteiger partial charge in [-0.1, -0.05) is 12.1 Å². The predicted molar refractivity (Wildman–Crippen MR) is 83.4 cm³/mol. The van der Waals surface area contributed by atoms with Crippen molar-refractivity contribution in [3.8, 4) is 17.1 Å². The maximum atomic E-state index is 13.8. The highest BCUT2D eigenvalue weighted by Crippen LogP contribution is 2.33. The summed E-state index contributed by atoms with van der Waals surface area (Å²) in [5, 5.41) is 0.503. The number of ether oxygens (including phenoxy) is 1. The van der Waals surface area contributed by atoms with Crippen molar-refractivity contribution in [2.24, 2.45) is 0 Å². The zero-order valence-corrected chi connectivity index (χ0v) is 12.7. The lowest BCUT2D eigenvalue weighted by Crippen LogP contribution is -2.17. The van der Waals surface area contributed by atoms with Gasteiger partial charge in [0.2, 0.25) is 0 Å². The molecule has 0 aliphatic rings. The molecule has 9 heteroatoms. The van der Waals surface area contributed by atoms with E-state index in [0.717, 1.165) is 18.2 Å². The van der Waals surface area contributed by atoms with Crippen molar-refractivity contribution in [3.63, 3.8) is 0 Å². The van der Waals surface area contributed by atoms with Crippen molar-refractivity contribution >= 4 is 21.8 Å². The van der Waals surface area contributed by atoms with Crippen LogP contribution in [-0.2, 0) is 0 Å². The fourth-order valence-electron chi connectivity index (χ4n) is 2.71. The third-order valence-electron chi connectivity index (χ3n) is 3.75. The molecule has 0 fully saturated rings. The Hall–Kier alpha value is -3.23. The maximum absolute atomic E-state index is 13.8. The Kier molecular flexibility index (Phi) is 3.53. The number of aromatic amines is 1. The Morgan fingerprint density at radius 2 is 1.88 bits per heavy atom. The SMILES string of the molecule is Fc1cc(F)c2[nH]cc(-c3ncc4cccc(OC(F)(F)F)c4n3)c2c1. The lowest BCUT2D eigenvalue weighted by molar-refractivity contribution is -0.274. The summed E-state index contributed by atoms with van der Waals surface area (Å²) in [6.07, 6.45) is -2.20. The van der Waals surface area contributed by atoms with Crippen molar-refractivity contribution in [2.75, 3.05) is 0 Å². The molecule has 4 nitrogen and oxygen atoms in total. The molecule has 0 saturated carbocycles. The van der Waals surface area contributed by atoms with Crippen LogP contribution in [0.1, 0.15) is 0 Å². The summed E-state index contributed by atoms with van der Waals surface area (Å²) in [7, 11) is 0. The van der Waals surface area contributed by atoms with Gasteiger partial charge in [-0.25, -0.2) is 18.7 Å². The van der Waals surface area contributed by atoms with E-state index in [9.17, 15) is 22.0 Å². The smallest absolute Gasteiger partial charge is 0.403 e. The number of fused-ring (bicyclic) bond motifs is 2. The van der Waals surface area contributed by atoms with E-state index >= 15 is 0 Å². The van der Waals surface area contributed by atoms with E-state index in [1.54, 1.807) is 0 Å². The van der Waals surface area contributed by atoms with Crippen LogP contribution < -0.4 is 4.74 Å². The van der Waals surface area contributed by atoms with E-state index in [2.05, 4.69) is 19.7 Å². The molecular weight excluding hydrogens is 357 g/mol. The number of nitrogens with one attached hydrogen (secondary N) is 1. The Bertz CT molecular complexity index is 1140. The summed E-state index contributed by atoms with van der Waals surface area (Å²) in [6.45, 7) is 0. The van der Waals surface area contributed by atoms with Crippen LogP contribution in [0, 0.1) is 11.6 Å². The number of para-hydroxylation sites is 1. The first kappa shape index (κ1) is 16.2. The molecule has 0 spiro atoms. The minimum Gasteiger partial charge on any atom is -0.403 e. The quantitative estimate of drug-likeness (QED) is 0.511. The van der Waals surface area contributed by atoms with Gasteiger partial charge in [0.1, 0.15) is 17.2 Å². The molecule has 0 atom stereocenters. The Balaban J connectivity index is 1.92. The third kappa shape index (κ3) is 2.81. The van der Waals surface area contributed by atoms with E-state index in [0.29, 0.717) is 5.39 Å². The topological polar surface area (TPSA) is 50.8 Å². The number of H-pyrrole nitrogens is 1. The first-order chi connectivity index (χ1) is 12.3. The first-order valence-corrected chi connectivity index (χ1v) is 7.30. The number of halogens is 5. The molecule has 26 heavy (non-hydrogen) atoms. The Labute approximate surface area is 142 Å². The van der Waals surface area contributed by atoms with Gasteiger partial charge in [0.25, 0.3) is 0 Å². The maximum Gasteiger partial charge on any atom is 0.573 e. The average Bonchev–Trinajstić information content (AvgIpc) is 2.97. The number of rotatable bonds is 2. The molecule has 4 aromatic rings. The molecular formula is C17H8F5N3O. The Morgan fingerprint density at radius 3 is 2.65 bits per heavy atom. The number of hydrogen-bond donors (Lipinski definition) is 1. The van der Waals surface area contributed by atoms with E-state index in [1.165, 1.54) is 24.5 Å². The van der Waals surface area contributed by atoms with Crippen molar-refractivity contribution in [3.05, 3.63) is 54.4 Å². The van der Waals surface area contributed by atoms with Gasteiger partial charge in [-0.2, -0.15) is 0 Å². The van der Waals surface area contributed by atoms with Crippen molar-refractivity contribution in [1.29, 1.82) is 0 Å². The molecule has 0 unspecified atom stereocenters. The molecule has 0 aliphatic heterocycles. The van der Waals surface area contributed by atoms with Gasteiger partial charge in [0.15, 0.2) is 11.6 Å². The number of benzene rings is 2. The molecule has 132 valence electrons. The molecule has 0 amide bonds. The summed E-state index contributed by atoms with van der Waals surface area (Å²) in [5.74, 6) is -2.08. The van der Waals surface area contributed by atoms with Crippen LogP contribution in [-0.4, -0.2) is 21.3 Å². The van der Waals surface area contributed by atoms with Gasteiger partial charge in [0, 0.05) is 34.8 Å². The number of nitrogens with zero attached hydrogens (tertiary/aromatic N) is 2. The molecule has 2 aromatic heterocycles. The van der Waals surface area contributed by atoms with Crippen LogP contribution in [0.25, 0.3) is 33.2 Å². The molecule has 0 bridgehead atoms. The van der Waals surface area contributed by atoms with Gasteiger partial charge < -0.3 is 9.72 Å². The van der Waals surface area contributed by atoms with E-state index < -0.39 is 23.7 Å². The lowest BCUT2D eigenvalue weighted by atomic mass is 10.1. The molecule has 0 radical (unpaired) electrons. The largest absolute Gasteiger partial charge is 0.573 e. The summed E-state index contributed by atoms with van der Waals surface area (Å²) in [5.41, 5.74) is 0.230. The summed E-state index contributed by atoms with van der Waals surface area (Å²) in [6, 6.07) is 5.84. The second-order valence-corrected chi connectivity index (χ2v) is 5.45. The zero-order valence-electron chi connectivity index (χ0n) is 12.7. The van der Waals surface area contributed by atoms with Gasteiger partial charge in [-0.05, 0) is 12.1 Å². The molecule has 0 saturated heterocycles. The Morgan fingerprint density at radius 1 is 1.08 bits per heavy atom. The molecule has 2 heterocycles. The number of hydrogen-bond acceptors (Lipinski definition) is 3. The fourth-order valence-corrected chi connectivity index (χ4v) is 2.71. The normalized spacial score (nSPS) is 12.0. The monoisotopic (exact) mass is 365 g/mol. The van der Waals surface area contributed by atoms with Crippen LogP contribution in [0.4, 0.5) is 22.0 Å². The van der Waals surface area contributed by atoms with Crippen molar-refractivity contribution in [2.45, 2.75) is 6.36 Å². The van der Waals surface area contributed by atoms with Gasteiger partial charge in [0.05, 0.1) is 5.52 Å². The van der Waals surface area contributed by atoms with Crippen LogP contribution in [0.3, 0.4) is 0 Å². The van der Waals surface area contributed by atoms with E-state index in [1.807, 2.05) is 0 Å². The highest BCUT2D eigenvalue weighted by molar-refractivity contribution is 5.95. The zero-order chi connectivity index (χ0) is 18.5. The van der Waals surface area contributed by atoms with Gasteiger partial charge in [-0.3, -0.25) is 0 Å². The van der Waals surface area contributed by atoms with Gasteiger partial charge in [-0.15, -0.1) is 13.2 Å². The van der Waals surface area contributed by atoms with Gasteiger partial charge >= 0.3 is 6.36 Å². The van der Waals surface area contributed by atoms with E-state index in [4.69, 9.17) is 0 Å². The lowest BCUT2D eigenvalue weighted by Gasteiger charge is -2.11.